The molecule has 0 amide bonds. The van der Waals surface area contributed by atoms with E-state index in [0.29, 0.717) is 5.69 Å². The van der Waals surface area contributed by atoms with Gasteiger partial charge < -0.3 is 0 Å². The first-order valence-corrected chi connectivity index (χ1v) is 7.27. The second kappa shape index (κ2) is 6.10. The number of hydrogen-bond donors (Lipinski definition) is 2. The van der Waals surface area contributed by atoms with Crippen molar-refractivity contribution >= 4 is 23.0 Å². The Morgan fingerprint density at radius 3 is 2.95 bits per heavy atom. The predicted octanol–water partition coefficient (Wildman–Crippen LogP) is 2.97. The highest BCUT2D eigenvalue weighted by Gasteiger charge is 2.13. The standard InChI is InChI=1S/C15H15ClN4O/c16-14-13(9-17-20-15(14)21)19-18-12-8-4-2-6-10-5-1-3-7-11(10)12/h1,3,5,7,9H,2,4,6,8H2,(H2,19,20,21)/b18-12-. The first-order chi connectivity index (χ1) is 10.3. The third-order valence-corrected chi connectivity index (χ3v) is 3.92. The molecule has 3 rings (SSSR count). The fraction of sp³-hybridized carbons (Fsp3) is 0.267. The Balaban J connectivity index is 1.93. The summed E-state index contributed by atoms with van der Waals surface area (Å²) in [6, 6.07) is 8.28. The highest BCUT2D eigenvalue weighted by Crippen LogP contribution is 2.22. The van der Waals surface area contributed by atoms with Crippen molar-refractivity contribution in [2.75, 3.05) is 5.43 Å². The summed E-state index contributed by atoms with van der Waals surface area (Å²) in [5, 5.41) is 10.5. The number of nitrogens with one attached hydrogen (secondary N) is 2. The van der Waals surface area contributed by atoms with Gasteiger partial charge in [-0.3, -0.25) is 10.2 Å². The van der Waals surface area contributed by atoms with E-state index in [9.17, 15) is 4.79 Å². The molecule has 0 aliphatic heterocycles. The number of aryl methyl sites for hydroxylation is 1. The van der Waals surface area contributed by atoms with Gasteiger partial charge in [0.15, 0.2) is 0 Å². The first-order valence-electron chi connectivity index (χ1n) is 6.90. The van der Waals surface area contributed by atoms with Crippen LogP contribution in [0.3, 0.4) is 0 Å². The van der Waals surface area contributed by atoms with E-state index in [1.165, 1.54) is 11.8 Å². The number of H-pyrrole nitrogens is 1. The molecular weight excluding hydrogens is 288 g/mol. The monoisotopic (exact) mass is 302 g/mol. The van der Waals surface area contributed by atoms with Gasteiger partial charge in [0.1, 0.15) is 10.7 Å². The van der Waals surface area contributed by atoms with Crippen molar-refractivity contribution in [1.82, 2.24) is 10.2 Å². The lowest BCUT2D eigenvalue weighted by Crippen LogP contribution is -2.11. The number of benzene rings is 1. The molecule has 5 nitrogen and oxygen atoms in total. The van der Waals surface area contributed by atoms with Gasteiger partial charge >= 0.3 is 0 Å². The summed E-state index contributed by atoms with van der Waals surface area (Å²) >= 11 is 5.93. The number of hydrogen-bond acceptors (Lipinski definition) is 4. The molecule has 1 aromatic heterocycles. The van der Waals surface area contributed by atoms with Crippen LogP contribution in [0, 0.1) is 0 Å². The molecule has 2 N–H and O–H groups in total. The Morgan fingerprint density at radius 2 is 2.05 bits per heavy atom. The molecule has 0 bridgehead atoms. The average Bonchev–Trinajstić information content (AvgIpc) is 2.71. The quantitative estimate of drug-likeness (QED) is 0.662. The molecule has 0 unspecified atom stereocenters. The highest BCUT2D eigenvalue weighted by molar-refractivity contribution is 6.32. The van der Waals surface area contributed by atoms with E-state index >= 15 is 0 Å². The molecule has 2 aromatic rings. The fourth-order valence-corrected chi connectivity index (χ4v) is 2.60. The van der Waals surface area contributed by atoms with E-state index in [4.69, 9.17) is 11.6 Å². The average molecular weight is 303 g/mol. The van der Waals surface area contributed by atoms with Gasteiger partial charge in [-0.2, -0.15) is 10.2 Å². The number of aromatic nitrogens is 2. The van der Waals surface area contributed by atoms with Gasteiger partial charge in [0.2, 0.25) is 0 Å². The third kappa shape index (κ3) is 2.97. The minimum atomic E-state index is -0.428. The van der Waals surface area contributed by atoms with Crippen molar-refractivity contribution in [2.24, 2.45) is 5.10 Å². The molecule has 6 heteroatoms. The van der Waals surface area contributed by atoms with Crippen molar-refractivity contribution in [3.63, 3.8) is 0 Å². The minimum Gasteiger partial charge on any atom is -0.275 e. The molecule has 0 atom stereocenters. The molecule has 0 spiro atoms. The number of nitrogens with zero attached hydrogens (tertiary/aromatic N) is 2. The molecule has 0 saturated heterocycles. The van der Waals surface area contributed by atoms with E-state index in [-0.39, 0.29) is 5.02 Å². The molecule has 1 aliphatic carbocycles. The maximum atomic E-state index is 11.4. The molecule has 1 aliphatic rings. The number of rotatable bonds is 2. The van der Waals surface area contributed by atoms with Crippen LogP contribution >= 0.6 is 11.6 Å². The Hall–Kier alpha value is -2.14. The normalized spacial score (nSPS) is 16.3. The van der Waals surface area contributed by atoms with Crippen molar-refractivity contribution in [2.45, 2.75) is 25.7 Å². The summed E-state index contributed by atoms with van der Waals surface area (Å²) in [5.41, 5.74) is 6.31. The lowest BCUT2D eigenvalue weighted by Gasteiger charge is -2.08. The number of anilines is 1. The molecule has 0 saturated carbocycles. The van der Waals surface area contributed by atoms with Crippen LogP contribution in [0.2, 0.25) is 5.02 Å². The van der Waals surface area contributed by atoms with Crippen LogP contribution in [-0.2, 0) is 6.42 Å². The van der Waals surface area contributed by atoms with Crippen LogP contribution in [0.4, 0.5) is 5.69 Å². The van der Waals surface area contributed by atoms with Gasteiger partial charge in [-0.25, -0.2) is 5.10 Å². The van der Waals surface area contributed by atoms with Gasteiger partial charge in [0, 0.05) is 5.56 Å². The Kier molecular flexibility index (Phi) is 4.01. The summed E-state index contributed by atoms with van der Waals surface area (Å²) in [4.78, 5) is 11.4. The Labute approximate surface area is 127 Å². The SMILES string of the molecule is O=c1[nH]ncc(N/N=C2/CCCCc3ccccc32)c1Cl. The van der Waals surface area contributed by atoms with Crippen LogP contribution in [0.1, 0.15) is 30.4 Å². The van der Waals surface area contributed by atoms with Gasteiger partial charge in [-0.15, -0.1) is 0 Å². The van der Waals surface area contributed by atoms with Crippen molar-refractivity contribution in [3.05, 3.63) is 57.0 Å². The topological polar surface area (TPSA) is 70.1 Å². The molecule has 0 radical (unpaired) electrons. The maximum absolute atomic E-state index is 11.4. The van der Waals surface area contributed by atoms with Gasteiger partial charge in [-0.1, -0.05) is 35.9 Å². The zero-order chi connectivity index (χ0) is 14.7. The van der Waals surface area contributed by atoms with Crippen molar-refractivity contribution in [1.29, 1.82) is 0 Å². The molecule has 0 fully saturated rings. The molecular formula is C15H15ClN4O. The minimum absolute atomic E-state index is 0.0660. The van der Waals surface area contributed by atoms with Gasteiger partial charge in [0.25, 0.3) is 5.56 Å². The van der Waals surface area contributed by atoms with Crippen molar-refractivity contribution in [3.8, 4) is 0 Å². The Bertz CT molecular complexity index is 738. The van der Waals surface area contributed by atoms with Crippen LogP contribution in [0.5, 0.6) is 0 Å². The highest BCUT2D eigenvalue weighted by atomic mass is 35.5. The summed E-state index contributed by atoms with van der Waals surface area (Å²) in [7, 11) is 0. The third-order valence-electron chi connectivity index (χ3n) is 3.54. The lowest BCUT2D eigenvalue weighted by molar-refractivity contribution is 0.776. The Morgan fingerprint density at radius 1 is 1.24 bits per heavy atom. The molecule has 1 aromatic carbocycles. The van der Waals surface area contributed by atoms with E-state index in [0.717, 1.165) is 37.0 Å². The zero-order valence-corrected chi connectivity index (χ0v) is 12.2. The largest absolute Gasteiger partial charge is 0.285 e. The second-order valence-corrected chi connectivity index (χ2v) is 5.34. The van der Waals surface area contributed by atoms with Gasteiger partial charge in [0.05, 0.1) is 11.9 Å². The van der Waals surface area contributed by atoms with Crippen LogP contribution in [0.15, 0.2) is 40.4 Å². The lowest BCUT2D eigenvalue weighted by atomic mass is 10.0. The first kappa shape index (κ1) is 13.8. The van der Waals surface area contributed by atoms with E-state index in [1.54, 1.807) is 0 Å². The molecule has 108 valence electrons. The summed E-state index contributed by atoms with van der Waals surface area (Å²) in [5.74, 6) is 0. The number of aromatic amines is 1. The zero-order valence-electron chi connectivity index (χ0n) is 11.4. The van der Waals surface area contributed by atoms with E-state index < -0.39 is 5.56 Å². The predicted molar refractivity (Wildman–Crippen MR) is 84.0 cm³/mol. The van der Waals surface area contributed by atoms with Gasteiger partial charge in [-0.05, 0) is 31.2 Å². The van der Waals surface area contributed by atoms with E-state index in [2.05, 4.69) is 32.9 Å². The van der Waals surface area contributed by atoms with Crippen molar-refractivity contribution < 1.29 is 0 Å². The summed E-state index contributed by atoms with van der Waals surface area (Å²) < 4.78 is 0. The maximum Gasteiger partial charge on any atom is 0.285 e. The van der Waals surface area contributed by atoms with Crippen LogP contribution in [-0.4, -0.2) is 15.9 Å². The van der Waals surface area contributed by atoms with E-state index in [1.807, 2.05) is 12.1 Å². The fourth-order valence-electron chi connectivity index (χ4n) is 2.47. The molecule has 1 heterocycles. The molecule has 21 heavy (non-hydrogen) atoms. The second-order valence-electron chi connectivity index (χ2n) is 4.96. The summed E-state index contributed by atoms with van der Waals surface area (Å²) in [6.45, 7) is 0. The number of fused-ring (bicyclic) bond motifs is 1. The number of hydrazone groups is 1. The smallest absolute Gasteiger partial charge is 0.275 e. The number of halogens is 1. The van der Waals surface area contributed by atoms with Crippen LogP contribution in [0.25, 0.3) is 0 Å². The summed E-state index contributed by atoms with van der Waals surface area (Å²) in [6.07, 6.45) is 5.68. The van der Waals surface area contributed by atoms with Crippen LogP contribution < -0.4 is 11.0 Å².